The van der Waals surface area contributed by atoms with Crippen LogP contribution >= 0.6 is 0 Å². The molecule has 16 heavy (non-hydrogen) atoms. The first-order valence-corrected chi connectivity index (χ1v) is 5.38. The molecule has 3 nitrogen and oxygen atoms in total. The van der Waals surface area contributed by atoms with Crippen LogP contribution < -0.4 is 11.1 Å². The summed E-state index contributed by atoms with van der Waals surface area (Å²) >= 11 is 0. The van der Waals surface area contributed by atoms with Crippen LogP contribution in [0.15, 0.2) is 24.3 Å². The van der Waals surface area contributed by atoms with Crippen molar-refractivity contribution >= 4 is 5.91 Å². The van der Waals surface area contributed by atoms with Crippen molar-refractivity contribution in [3.05, 3.63) is 35.6 Å². The van der Waals surface area contributed by atoms with Crippen LogP contribution in [0.3, 0.4) is 0 Å². The monoisotopic (exact) mass is 224 g/mol. The molecular weight excluding hydrogens is 207 g/mol. The SMILES string of the molecule is CCNC(CC)(C(N)=O)c1ccccc1F. The van der Waals surface area contributed by atoms with E-state index < -0.39 is 17.3 Å². The van der Waals surface area contributed by atoms with Crippen molar-refractivity contribution in [2.45, 2.75) is 25.8 Å². The molecule has 4 heteroatoms. The molecule has 1 aromatic carbocycles. The summed E-state index contributed by atoms with van der Waals surface area (Å²) < 4.78 is 13.7. The molecule has 88 valence electrons. The van der Waals surface area contributed by atoms with Crippen LogP contribution in [0.4, 0.5) is 4.39 Å². The molecule has 1 amide bonds. The van der Waals surface area contributed by atoms with Gasteiger partial charge in [-0.1, -0.05) is 32.0 Å². The fourth-order valence-corrected chi connectivity index (χ4v) is 1.91. The van der Waals surface area contributed by atoms with E-state index in [0.717, 1.165) is 0 Å². The topological polar surface area (TPSA) is 55.1 Å². The largest absolute Gasteiger partial charge is 0.368 e. The van der Waals surface area contributed by atoms with Gasteiger partial charge in [0.05, 0.1) is 0 Å². The molecule has 0 aromatic heterocycles. The number of halogens is 1. The molecule has 0 aliphatic rings. The van der Waals surface area contributed by atoms with E-state index in [1.807, 2.05) is 6.92 Å². The third-order valence-corrected chi connectivity index (χ3v) is 2.76. The van der Waals surface area contributed by atoms with Crippen molar-refractivity contribution in [1.82, 2.24) is 5.32 Å². The maximum atomic E-state index is 13.7. The van der Waals surface area contributed by atoms with E-state index in [1.54, 1.807) is 25.1 Å². The maximum absolute atomic E-state index is 13.7. The number of rotatable bonds is 5. The van der Waals surface area contributed by atoms with Crippen LogP contribution in [0.5, 0.6) is 0 Å². The van der Waals surface area contributed by atoms with Gasteiger partial charge in [-0.3, -0.25) is 10.1 Å². The van der Waals surface area contributed by atoms with E-state index in [0.29, 0.717) is 18.5 Å². The number of benzene rings is 1. The Bertz CT molecular complexity index is 381. The van der Waals surface area contributed by atoms with Gasteiger partial charge < -0.3 is 5.73 Å². The Morgan fingerprint density at radius 3 is 2.50 bits per heavy atom. The summed E-state index contributed by atoms with van der Waals surface area (Å²) in [6.07, 6.45) is 0.414. The highest BCUT2D eigenvalue weighted by molar-refractivity contribution is 5.86. The number of amides is 1. The molecule has 0 bridgehead atoms. The fraction of sp³-hybridized carbons (Fsp3) is 0.417. The van der Waals surface area contributed by atoms with E-state index >= 15 is 0 Å². The zero-order valence-corrected chi connectivity index (χ0v) is 9.59. The van der Waals surface area contributed by atoms with Crippen molar-refractivity contribution in [1.29, 1.82) is 0 Å². The van der Waals surface area contributed by atoms with Crippen molar-refractivity contribution in [2.75, 3.05) is 6.54 Å². The van der Waals surface area contributed by atoms with Gasteiger partial charge >= 0.3 is 0 Å². The lowest BCUT2D eigenvalue weighted by atomic mass is 9.86. The van der Waals surface area contributed by atoms with Crippen molar-refractivity contribution < 1.29 is 9.18 Å². The molecular formula is C12H17FN2O. The number of primary amides is 1. The second-order valence-corrected chi connectivity index (χ2v) is 3.63. The molecule has 0 heterocycles. The number of hydrogen-bond donors (Lipinski definition) is 2. The van der Waals surface area contributed by atoms with Crippen molar-refractivity contribution in [3.8, 4) is 0 Å². The third kappa shape index (κ3) is 2.07. The number of nitrogens with one attached hydrogen (secondary N) is 1. The minimum absolute atomic E-state index is 0.312. The molecule has 0 aliphatic carbocycles. The summed E-state index contributed by atoms with van der Waals surface area (Å²) in [5, 5.41) is 2.99. The van der Waals surface area contributed by atoms with Gasteiger partial charge in [-0.05, 0) is 19.0 Å². The Labute approximate surface area is 94.8 Å². The molecule has 0 radical (unpaired) electrons. The first-order chi connectivity index (χ1) is 7.58. The summed E-state index contributed by atoms with van der Waals surface area (Å²) in [7, 11) is 0. The zero-order chi connectivity index (χ0) is 12.2. The van der Waals surface area contributed by atoms with Gasteiger partial charge in [-0.15, -0.1) is 0 Å². The molecule has 1 atom stereocenters. The van der Waals surface area contributed by atoms with Crippen LogP contribution in [0.2, 0.25) is 0 Å². The minimum Gasteiger partial charge on any atom is -0.368 e. The van der Waals surface area contributed by atoms with Crippen LogP contribution in [-0.4, -0.2) is 12.5 Å². The van der Waals surface area contributed by atoms with Gasteiger partial charge in [0.1, 0.15) is 11.4 Å². The van der Waals surface area contributed by atoms with E-state index in [1.165, 1.54) is 6.07 Å². The molecule has 0 saturated heterocycles. The summed E-state index contributed by atoms with van der Waals surface area (Å²) in [6, 6.07) is 6.21. The quantitative estimate of drug-likeness (QED) is 0.796. The lowest BCUT2D eigenvalue weighted by Gasteiger charge is -2.31. The van der Waals surface area contributed by atoms with Gasteiger partial charge in [-0.2, -0.15) is 0 Å². The summed E-state index contributed by atoms with van der Waals surface area (Å²) in [4.78, 5) is 11.6. The Hall–Kier alpha value is -1.42. The number of hydrogen-bond acceptors (Lipinski definition) is 2. The first kappa shape index (κ1) is 12.6. The molecule has 0 fully saturated rings. The van der Waals surface area contributed by atoms with E-state index in [9.17, 15) is 9.18 Å². The van der Waals surface area contributed by atoms with Crippen LogP contribution in [0, 0.1) is 5.82 Å². The predicted molar refractivity (Wildman–Crippen MR) is 61.2 cm³/mol. The lowest BCUT2D eigenvalue weighted by Crippen LogP contribution is -2.52. The lowest BCUT2D eigenvalue weighted by molar-refractivity contribution is -0.125. The molecule has 1 rings (SSSR count). The van der Waals surface area contributed by atoms with E-state index in [2.05, 4.69) is 5.32 Å². The second-order valence-electron chi connectivity index (χ2n) is 3.63. The second kappa shape index (κ2) is 5.07. The normalized spacial score (nSPS) is 14.4. The number of likely N-dealkylation sites (N-methyl/N-ethyl adjacent to an activating group) is 1. The molecule has 1 unspecified atom stereocenters. The average Bonchev–Trinajstić information content (AvgIpc) is 2.26. The molecule has 1 aromatic rings. The van der Waals surface area contributed by atoms with Crippen LogP contribution in [0.25, 0.3) is 0 Å². The number of carbonyl (C=O) groups excluding carboxylic acids is 1. The minimum atomic E-state index is -1.11. The van der Waals surface area contributed by atoms with E-state index in [-0.39, 0.29) is 0 Å². The van der Waals surface area contributed by atoms with Gasteiger partial charge in [0.15, 0.2) is 0 Å². The number of carbonyl (C=O) groups is 1. The smallest absolute Gasteiger partial charge is 0.242 e. The maximum Gasteiger partial charge on any atom is 0.242 e. The molecule has 0 saturated carbocycles. The molecule has 0 aliphatic heterocycles. The Kier molecular flexibility index (Phi) is 4.01. The molecule has 0 spiro atoms. The standard InChI is InChI=1S/C12H17FN2O/c1-3-12(11(14)16,15-4-2)9-7-5-6-8-10(9)13/h5-8,15H,3-4H2,1-2H3,(H2,14,16). The number of nitrogens with two attached hydrogens (primary N) is 1. The first-order valence-electron chi connectivity index (χ1n) is 5.38. The highest BCUT2D eigenvalue weighted by Crippen LogP contribution is 2.26. The predicted octanol–water partition coefficient (Wildman–Crippen LogP) is 1.53. The summed E-state index contributed by atoms with van der Waals surface area (Å²) in [5.41, 5.74) is 4.60. The summed E-state index contributed by atoms with van der Waals surface area (Å²) in [5.74, 6) is -0.967. The zero-order valence-electron chi connectivity index (χ0n) is 9.59. The van der Waals surface area contributed by atoms with Crippen molar-refractivity contribution in [2.24, 2.45) is 5.73 Å². The fourth-order valence-electron chi connectivity index (χ4n) is 1.91. The third-order valence-electron chi connectivity index (χ3n) is 2.76. The van der Waals surface area contributed by atoms with Crippen LogP contribution in [-0.2, 0) is 10.3 Å². The van der Waals surface area contributed by atoms with Gasteiger partial charge in [0.2, 0.25) is 5.91 Å². The Morgan fingerprint density at radius 2 is 2.06 bits per heavy atom. The van der Waals surface area contributed by atoms with E-state index in [4.69, 9.17) is 5.73 Å². The van der Waals surface area contributed by atoms with Gasteiger partial charge in [0, 0.05) is 5.56 Å². The Balaban J connectivity index is 3.30. The molecule has 3 N–H and O–H groups in total. The van der Waals surface area contributed by atoms with Gasteiger partial charge in [0.25, 0.3) is 0 Å². The highest BCUT2D eigenvalue weighted by atomic mass is 19.1. The Morgan fingerprint density at radius 1 is 1.44 bits per heavy atom. The highest BCUT2D eigenvalue weighted by Gasteiger charge is 2.37. The van der Waals surface area contributed by atoms with Gasteiger partial charge in [-0.25, -0.2) is 4.39 Å². The average molecular weight is 224 g/mol. The van der Waals surface area contributed by atoms with Crippen molar-refractivity contribution in [3.63, 3.8) is 0 Å². The van der Waals surface area contributed by atoms with Crippen LogP contribution in [0.1, 0.15) is 25.8 Å². The summed E-state index contributed by atoms with van der Waals surface area (Å²) in [6.45, 7) is 4.21.